The average Bonchev–Trinajstić information content (AvgIpc) is 3.60. The number of nitrogens with one attached hydrogen (secondary N) is 1. The van der Waals surface area contributed by atoms with Crippen molar-refractivity contribution in [3.05, 3.63) is 174 Å². The first kappa shape index (κ1) is 28.8. The molecule has 0 atom stereocenters. The topological polar surface area (TPSA) is 40.8 Å². The summed E-state index contributed by atoms with van der Waals surface area (Å²) < 4.78 is 2.26. The molecule has 49 heavy (non-hydrogen) atoms. The van der Waals surface area contributed by atoms with E-state index in [0.29, 0.717) is 5.56 Å². The molecule has 1 aromatic heterocycles. The first-order valence-electron chi connectivity index (χ1n) is 16.8. The van der Waals surface area contributed by atoms with E-state index >= 15 is 0 Å². The minimum absolute atomic E-state index is 0.106. The number of anilines is 2. The summed E-state index contributed by atoms with van der Waals surface area (Å²) in [6, 6.07) is 58.2. The van der Waals surface area contributed by atoms with Gasteiger partial charge in [-0.05, 0) is 93.5 Å². The molecular weight excluding hydrogens is 595 g/mol. The number of nitrogens with zero attached hydrogens (tertiary/aromatic N) is 2. The summed E-state index contributed by atoms with van der Waals surface area (Å²) in [7, 11) is 0. The van der Waals surface area contributed by atoms with Gasteiger partial charge in [-0.15, -0.1) is 0 Å². The van der Waals surface area contributed by atoms with Gasteiger partial charge in [0.25, 0.3) is 0 Å². The maximum absolute atomic E-state index is 9.57. The van der Waals surface area contributed by atoms with Crippen LogP contribution in [-0.2, 0) is 5.41 Å². The number of para-hydroxylation sites is 2. The molecule has 3 nitrogen and oxygen atoms in total. The first-order chi connectivity index (χ1) is 24.0. The number of nitriles is 1. The van der Waals surface area contributed by atoms with E-state index in [0.717, 1.165) is 50.3 Å². The van der Waals surface area contributed by atoms with Crippen molar-refractivity contribution in [2.45, 2.75) is 19.3 Å². The molecule has 0 amide bonds. The van der Waals surface area contributed by atoms with Crippen molar-refractivity contribution in [3.63, 3.8) is 0 Å². The fourth-order valence-electron chi connectivity index (χ4n) is 7.95. The summed E-state index contributed by atoms with van der Waals surface area (Å²) in [5.74, 6) is 0. The van der Waals surface area contributed by atoms with E-state index in [4.69, 9.17) is 0 Å². The Morgan fingerprint density at radius 3 is 2.10 bits per heavy atom. The second kappa shape index (κ2) is 11.1. The average molecular weight is 628 g/mol. The molecule has 0 fully saturated rings. The third-order valence-electron chi connectivity index (χ3n) is 10.2. The minimum atomic E-state index is -0.106. The summed E-state index contributed by atoms with van der Waals surface area (Å²) in [5.41, 5.74) is 16.0. The largest absolute Gasteiger partial charge is 0.355 e. The maximum Gasteiger partial charge on any atom is 0.0992 e. The van der Waals surface area contributed by atoms with Crippen molar-refractivity contribution in [2.75, 3.05) is 5.32 Å². The highest BCUT2D eigenvalue weighted by Crippen LogP contribution is 2.52. The normalized spacial score (nSPS) is 12.8. The van der Waals surface area contributed by atoms with E-state index in [1.54, 1.807) is 0 Å². The predicted octanol–water partition coefficient (Wildman–Crippen LogP) is 12.0. The van der Waals surface area contributed by atoms with E-state index in [1.807, 2.05) is 18.2 Å². The molecule has 0 saturated carbocycles. The summed E-state index contributed by atoms with van der Waals surface area (Å²) in [5, 5.41) is 15.8. The highest BCUT2D eigenvalue weighted by Gasteiger charge is 2.37. The number of rotatable bonds is 5. The molecule has 3 heteroatoms. The fraction of sp³-hybridized carbons (Fsp3) is 0.0652. The zero-order valence-electron chi connectivity index (χ0n) is 27.4. The Labute approximate surface area is 286 Å². The second-order valence-corrected chi connectivity index (χ2v) is 13.4. The number of hydrogen-bond donors (Lipinski definition) is 1. The highest BCUT2D eigenvalue weighted by atomic mass is 15.0. The van der Waals surface area contributed by atoms with Crippen LogP contribution in [0, 0.1) is 11.3 Å². The second-order valence-electron chi connectivity index (χ2n) is 13.4. The number of aromatic nitrogens is 1. The van der Waals surface area contributed by atoms with Gasteiger partial charge in [0.15, 0.2) is 0 Å². The Morgan fingerprint density at radius 2 is 1.20 bits per heavy atom. The summed E-state index contributed by atoms with van der Waals surface area (Å²) in [4.78, 5) is 0. The Morgan fingerprint density at radius 1 is 0.531 bits per heavy atom. The lowest BCUT2D eigenvalue weighted by molar-refractivity contribution is 0.662. The van der Waals surface area contributed by atoms with Crippen molar-refractivity contribution < 1.29 is 0 Å². The van der Waals surface area contributed by atoms with Crippen LogP contribution in [0.2, 0.25) is 0 Å². The van der Waals surface area contributed by atoms with Crippen LogP contribution in [0.25, 0.3) is 60.9 Å². The molecule has 1 N–H and O–H groups in total. The van der Waals surface area contributed by atoms with Crippen LogP contribution < -0.4 is 5.32 Å². The first-order valence-corrected chi connectivity index (χ1v) is 16.8. The van der Waals surface area contributed by atoms with Gasteiger partial charge >= 0.3 is 0 Å². The number of fused-ring (bicyclic) bond motifs is 6. The van der Waals surface area contributed by atoms with Crippen LogP contribution in [0.15, 0.2) is 158 Å². The molecule has 1 aliphatic carbocycles. The smallest absolute Gasteiger partial charge is 0.0992 e. The standard InChI is InChI=1S/C46H33N3/c1-46(2)40-20-6-3-17-36(40)38-19-11-22-42(45(38)46)48-41-21-7-4-16-35(41)33-14-10-13-31(27-33)32-24-25-44-39(28-32)37-18-5-8-23-43(37)49(44)34-15-9-12-30(26-34)29-47/h3-28,48H,1-2H3. The van der Waals surface area contributed by atoms with Crippen molar-refractivity contribution in [1.82, 2.24) is 4.57 Å². The van der Waals surface area contributed by atoms with Crippen LogP contribution in [-0.4, -0.2) is 4.57 Å². The van der Waals surface area contributed by atoms with E-state index in [1.165, 1.54) is 33.0 Å². The fourth-order valence-corrected chi connectivity index (χ4v) is 7.95. The monoisotopic (exact) mass is 627 g/mol. The number of benzene rings is 7. The molecule has 0 saturated heterocycles. The lowest BCUT2D eigenvalue weighted by Crippen LogP contribution is -2.16. The van der Waals surface area contributed by atoms with Crippen LogP contribution in [0.5, 0.6) is 0 Å². The van der Waals surface area contributed by atoms with Crippen molar-refractivity contribution in [2.24, 2.45) is 0 Å². The molecule has 7 aromatic carbocycles. The summed E-state index contributed by atoms with van der Waals surface area (Å²) in [6.45, 7) is 4.66. The molecule has 8 aromatic rings. The van der Waals surface area contributed by atoms with Gasteiger partial charge in [0, 0.05) is 38.8 Å². The van der Waals surface area contributed by atoms with Crippen molar-refractivity contribution in [3.8, 4) is 45.1 Å². The van der Waals surface area contributed by atoms with E-state index < -0.39 is 0 Å². The quantitative estimate of drug-likeness (QED) is 0.206. The highest BCUT2D eigenvalue weighted by molar-refractivity contribution is 6.10. The molecule has 0 radical (unpaired) electrons. The minimum Gasteiger partial charge on any atom is -0.355 e. The SMILES string of the molecule is CC1(C)c2ccccc2-c2cccc(Nc3ccccc3-c3cccc(-c4ccc5c(c4)c4ccccc4n5-c4cccc(C#N)c4)c3)c21. The third-order valence-corrected chi connectivity index (χ3v) is 10.2. The molecule has 1 heterocycles. The summed E-state index contributed by atoms with van der Waals surface area (Å²) in [6.07, 6.45) is 0. The Balaban J connectivity index is 1.12. The molecule has 0 aliphatic heterocycles. The third kappa shape index (κ3) is 4.57. The molecule has 0 spiro atoms. The molecule has 1 aliphatic rings. The van der Waals surface area contributed by atoms with Crippen LogP contribution in [0.1, 0.15) is 30.5 Å². The lowest BCUT2D eigenvalue weighted by atomic mass is 9.81. The molecule has 0 unspecified atom stereocenters. The lowest BCUT2D eigenvalue weighted by Gasteiger charge is -2.25. The van der Waals surface area contributed by atoms with E-state index in [9.17, 15) is 5.26 Å². The van der Waals surface area contributed by atoms with Gasteiger partial charge in [0.2, 0.25) is 0 Å². The zero-order valence-corrected chi connectivity index (χ0v) is 27.4. The molecule has 232 valence electrons. The van der Waals surface area contributed by atoms with Crippen molar-refractivity contribution >= 4 is 33.2 Å². The van der Waals surface area contributed by atoms with Gasteiger partial charge in [-0.2, -0.15) is 5.26 Å². The van der Waals surface area contributed by atoms with E-state index in [2.05, 4.69) is 169 Å². The number of hydrogen-bond acceptors (Lipinski definition) is 2. The van der Waals surface area contributed by atoms with Gasteiger partial charge in [0.05, 0.1) is 22.7 Å². The Kier molecular flexibility index (Phi) is 6.54. The van der Waals surface area contributed by atoms with Gasteiger partial charge in [0.1, 0.15) is 0 Å². The van der Waals surface area contributed by atoms with Gasteiger partial charge in [-0.1, -0.05) is 117 Å². The van der Waals surface area contributed by atoms with Crippen LogP contribution in [0.3, 0.4) is 0 Å². The predicted molar refractivity (Wildman–Crippen MR) is 204 cm³/mol. The summed E-state index contributed by atoms with van der Waals surface area (Å²) >= 11 is 0. The van der Waals surface area contributed by atoms with Crippen LogP contribution in [0.4, 0.5) is 11.4 Å². The molecule has 0 bridgehead atoms. The van der Waals surface area contributed by atoms with Gasteiger partial charge in [-0.3, -0.25) is 0 Å². The molecular formula is C46H33N3. The van der Waals surface area contributed by atoms with Gasteiger partial charge < -0.3 is 9.88 Å². The van der Waals surface area contributed by atoms with E-state index in [-0.39, 0.29) is 5.41 Å². The maximum atomic E-state index is 9.57. The zero-order chi connectivity index (χ0) is 33.1. The van der Waals surface area contributed by atoms with Gasteiger partial charge in [-0.25, -0.2) is 0 Å². The van der Waals surface area contributed by atoms with Crippen molar-refractivity contribution in [1.29, 1.82) is 5.26 Å². The molecule has 9 rings (SSSR count). The Hall–Kier alpha value is -6.37. The Bertz CT molecular complexity index is 2630. The van der Waals surface area contributed by atoms with Crippen LogP contribution >= 0.6 is 0 Å².